The Labute approximate surface area is 119 Å². The normalized spacial score (nSPS) is 11.5. The van der Waals surface area contributed by atoms with Gasteiger partial charge in [-0.3, -0.25) is 9.68 Å². The van der Waals surface area contributed by atoms with Gasteiger partial charge in [-0.25, -0.2) is 4.79 Å². The maximum Gasteiger partial charge on any atom is 0.378 e. The van der Waals surface area contributed by atoms with Crippen LogP contribution in [-0.2, 0) is 24.1 Å². The molecule has 106 valence electrons. The standard InChI is InChI=1S/C12H22O5.Al.3H/c1-4-6-8-15-11(10(3)13)12(14)17-16-9-7-5-2;;;;/h11H,4-9H2,1-3H3;;;;. The van der Waals surface area contributed by atoms with Crippen molar-refractivity contribution in [3.05, 3.63) is 0 Å². The Bertz CT molecular complexity index is 233. The van der Waals surface area contributed by atoms with E-state index in [0.717, 1.165) is 25.7 Å². The van der Waals surface area contributed by atoms with Crippen molar-refractivity contribution in [3.8, 4) is 0 Å². The van der Waals surface area contributed by atoms with Crippen molar-refractivity contribution in [2.24, 2.45) is 0 Å². The predicted octanol–water partition coefficient (Wildman–Crippen LogP) is 0.852. The van der Waals surface area contributed by atoms with Gasteiger partial charge in [-0.1, -0.05) is 26.7 Å². The first-order chi connectivity index (χ1) is 8.13. The number of unbranched alkanes of at least 4 members (excludes halogenated alkanes) is 2. The van der Waals surface area contributed by atoms with Crippen LogP contribution in [0.3, 0.4) is 0 Å². The minimum Gasteiger partial charge on any atom is -0.359 e. The number of Topliss-reactive ketones (excluding diaryl/α,β-unsaturated/α-hetero) is 1. The van der Waals surface area contributed by atoms with Crippen LogP contribution >= 0.6 is 0 Å². The van der Waals surface area contributed by atoms with Gasteiger partial charge in [-0.05, 0) is 19.8 Å². The number of rotatable bonds is 10. The summed E-state index contributed by atoms with van der Waals surface area (Å²) < 4.78 is 5.16. The van der Waals surface area contributed by atoms with E-state index in [1.807, 2.05) is 13.8 Å². The first-order valence-corrected chi connectivity index (χ1v) is 6.08. The summed E-state index contributed by atoms with van der Waals surface area (Å²) in [4.78, 5) is 31.8. The van der Waals surface area contributed by atoms with Crippen LogP contribution in [0, 0.1) is 0 Å². The van der Waals surface area contributed by atoms with Gasteiger partial charge in [0.25, 0.3) is 0 Å². The lowest BCUT2D eigenvalue weighted by Crippen LogP contribution is -2.33. The van der Waals surface area contributed by atoms with Gasteiger partial charge in [-0.15, -0.1) is 0 Å². The minimum atomic E-state index is -1.16. The van der Waals surface area contributed by atoms with E-state index in [2.05, 4.69) is 4.89 Å². The Kier molecular flexibility index (Phi) is 14.4. The summed E-state index contributed by atoms with van der Waals surface area (Å²) in [6.45, 7) is 5.99. The lowest BCUT2D eigenvalue weighted by Gasteiger charge is -2.12. The zero-order valence-corrected chi connectivity index (χ0v) is 10.9. The van der Waals surface area contributed by atoms with Crippen molar-refractivity contribution in [1.82, 2.24) is 0 Å². The molecule has 0 bridgehead atoms. The van der Waals surface area contributed by atoms with Gasteiger partial charge in [0.05, 0.1) is 6.61 Å². The highest BCUT2D eigenvalue weighted by Crippen LogP contribution is 2.01. The summed E-state index contributed by atoms with van der Waals surface area (Å²) >= 11 is 0. The largest absolute Gasteiger partial charge is 0.378 e. The zero-order valence-electron chi connectivity index (χ0n) is 10.9. The third kappa shape index (κ3) is 9.61. The summed E-state index contributed by atoms with van der Waals surface area (Å²) in [6, 6.07) is 0. The Balaban J connectivity index is 0. The summed E-state index contributed by atoms with van der Waals surface area (Å²) in [5, 5.41) is 0. The zero-order chi connectivity index (χ0) is 13.1. The molecule has 0 spiro atoms. The highest BCUT2D eigenvalue weighted by molar-refractivity contribution is 6.00. The first-order valence-electron chi connectivity index (χ1n) is 6.08. The summed E-state index contributed by atoms with van der Waals surface area (Å²) in [5.41, 5.74) is 0. The molecule has 0 rings (SSSR count). The number of carbonyl (C=O) groups is 2. The van der Waals surface area contributed by atoms with E-state index in [9.17, 15) is 9.59 Å². The highest BCUT2D eigenvalue weighted by Gasteiger charge is 2.26. The summed E-state index contributed by atoms with van der Waals surface area (Å²) in [6.07, 6.45) is 2.32. The molecule has 0 radical (unpaired) electrons. The molecule has 0 fully saturated rings. The van der Waals surface area contributed by atoms with Crippen molar-refractivity contribution in [2.75, 3.05) is 13.2 Å². The fourth-order valence-electron chi connectivity index (χ4n) is 1.04. The van der Waals surface area contributed by atoms with Crippen molar-refractivity contribution in [2.45, 2.75) is 52.6 Å². The molecule has 0 saturated heterocycles. The van der Waals surface area contributed by atoms with Crippen molar-refractivity contribution in [1.29, 1.82) is 0 Å². The van der Waals surface area contributed by atoms with Crippen LogP contribution in [-0.4, -0.2) is 48.4 Å². The Hall–Kier alpha value is -0.408. The fourth-order valence-corrected chi connectivity index (χ4v) is 1.04. The van der Waals surface area contributed by atoms with Crippen molar-refractivity contribution >= 4 is 29.1 Å². The van der Waals surface area contributed by atoms with Crippen molar-refractivity contribution < 1.29 is 24.1 Å². The summed E-state index contributed by atoms with van der Waals surface area (Å²) in [5.74, 6) is -1.14. The van der Waals surface area contributed by atoms with Gasteiger partial charge in [0.15, 0.2) is 23.1 Å². The SMILES string of the molecule is CCCCOOC(=O)C(OCCCC)C(C)=O.[AlH3]. The molecule has 0 saturated carbocycles. The number of hydrogen-bond acceptors (Lipinski definition) is 5. The number of carbonyl (C=O) groups excluding carboxylic acids is 2. The fraction of sp³-hybridized carbons (Fsp3) is 0.833. The van der Waals surface area contributed by atoms with Gasteiger partial charge in [-0.2, -0.15) is 4.89 Å². The molecule has 1 unspecified atom stereocenters. The van der Waals surface area contributed by atoms with Gasteiger partial charge in [0.1, 0.15) is 0 Å². The van der Waals surface area contributed by atoms with E-state index >= 15 is 0 Å². The second-order valence-corrected chi connectivity index (χ2v) is 3.79. The maximum atomic E-state index is 11.4. The molecule has 0 aromatic rings. The molecule has 0 aliphatic rings. The maximum absolute atomic E-state index is 11.4. The molecular formula is C12H25AlO5. The molecule has 0 aliphatic carbocycles. The number of ether oxygens (including phenoxy) is 1. The second kappa shape index (κ2) is 13.0. The molecule has 0 heterocycles. The molecule has 0 N–H and O–H groups in total. The van der Waals surface area contributed by atoms with Crippen LogP contribution in [0.4, 0.5) is 0 Å². The van der Waals surface area contributed by atoms with E-state index in [1.54, 1.807) is 0 Å². The van der Waals surface area contributed by atoms with Gasteiger partial charge >= 0.3 is 5.97 Å². The van der Waals surface area contributed by atoms with Crippen LogP contribution in [0.15, 0.2) is 0 Å². The average Bonchev–Trinajstić information content (AvgIpc) is 2.29. The van der Waals surface area contributed by atoms with Crippen molar-refractivity contribution in [3.63, 3.8) is 0 Å². The molecule has 1 atom stereocenters. The van der Waals surface area contributed by atoms with Crippen LogP contribution in [0.25, 0.3) is 0 Å². The van der Waals surface area contributed by atoms with Crippen LogP contribution in [0.2, 0.25) is 0 Å². The molecule has 0 aromatic carbocycles. The lowest BCUT2D eigenvalue weighted by molar-refractivity contribution is -0.279. The summed E-state index contributed by atoms with van der Waals surface area (Å²) in [7, 11) is 0. The molecule has 0 aliphatic heterocycles. The van der Waals surface area contributed by atoms with E-state index in [-0.39, 0.29) is 23.1 Å². The van der Waals surface area contributed by atoms with Crippen LogP contribution in [0.5, 0.6) is 0 Å². The molecule has 18 heavy (non-hydrogen) atoms. The molecule has 5 nitrogen and oxygen atoms in total. The van der Waals surface area contributed by atoms with Gasteiger partial charge in [0, 0.05) is 6.61 Å². The molecule has 6 heteroatoms. The third-order valence-corrected chi connectivity index (χ3v) is 2.09. The third-order valence-electron chi connectivity index (χ3n) is 2.09. The predicted molar refractivity (Wildman–Crippen MR) is 72.2 cm³/mol. The van der Waals surface area contributed by atoms with Gasteiger partial charge < -0.3 is 4.74 Å². The minimum absolute atomic E-state index is 0. The second-order valence-electron chi connectivity index (χ2n) is 3.79. The van der Waals surface area contributed by atoms with Crippen LogP contribution in [0.1, 0.15) is 46.5 Å². The van der Waals surface area contributed by atoms with Gasteiger partial charge in [0.2, 0.25) is 6.10 Å². The van der Waals surface area contributed by atoms with E-state index in [1.165, 1.54) is 6.92 Å². The average molecular weight is 276 g/mol. The highest BCUT2D eigenvalue weighted by atomic mass is 27.0. The molecule has 0 amide bonds. The smallest absolute Gasteiger partial charge is 0.359 e. The quantitative estimate of drug-likeness (QED) is 0.195. The van der Waals surface area contributed by atoms with E-state index in [0.29, 0.717) is 13.2 Å². The molecular weight excluding hydrogens is 251 g/mol. The Morgan fingerprint density at radius 2 is 1.61 bits per heavy atom. The van der Waals surface area contributed by atoms with E-state index in [4.69, 9.17) is 9.62 Å². The number of ketones is 1. The molecule has 0 aromatic heterocycles. The first kappa shape index (κ1) is 19.9. The van der Waals surface area contributed by atoms with Crippen LogP contribution < -0.4 is 0 Å². The Morgan fingerprint density at radius 3 is 2.11 bits per heavy atom. The van der Waals surface area contributed by atoms with E-state index < -0.39 is 12.1 Å². The number of hydrogen-bond donors (Lipinski definition) is 0. The Morgan fingerprint density at radius 1 is 1.06 bits per heavy atom. The monoisotopic (exact) mass is 276 g/mol. The topological polar surface area (TPSA) is 61.8 Å². The lowest BCUT2D eigenvalue weighted by atomic mass is 10.2.